The molecule has 1 aliphatic rings. The number of esters is 14. The Morgan fingerprint density at radius 2 is 0.480 bits per heavy atom. The zero-order valence-corrected chi connectivity index (χ0v) is 78.6. The first kappa shape index (κ1) is 127. The number of hydrogen-bond acceptors (Lipinski definition) is 31. The predicted molar refractivity (Wildman–Crippen MR) is 475 cm³/mol. The summed E-state index contributed by atoms with van der Waals surface area (Å²) in [6.45, 7) is 35.3. The van der Waals surface area contributed by atoms with Gasteiger partial charge in [-0.15, -0.1) is 0 Å². The molecule has 1 aromatic rings. The number of carbonyl (C=O) groups excluding carboxylic acids is 14. The van der Waals surface area contributed by atoms with Crippen LogP contribution in [0.1, 0.15) is 355 Å². The van der Waals surface area contributed by atoms with Gasteiger partial charge in [0, 0.05) is 102 Å². The molecule has 0 amide bonds. The molecule has 1 unspecified atom stereocenters. The fourth-order valence-corrected chi connectivity index (χ4v) is 9.90. The summed E-state index contributed by atoms with van der Waals surface area (Å²) in [4.78, 5) is 155. The van der Waals surface area contributed by atoms with Gasteiger partial charge in [-0.05, 0) is 179 Å². The third kappa shape index (κ3) is 97.7. The smallest absolute Gasteiger partial charge is 0.311 e. The summed E-state index contributed by atoms with van der Waals surface area (Å²) >= 11 is 0. The fraction of sp³-hybridized carbons (Fsp3) is 0.787. The van der Waals surface area contributed by atoms with Crippen LogP contribution in [0.3, 0.4) is 0 Å². The Hall–Kier alpha value is -8.32. The molecule has 0 heterocycles. The maximum Gasteiger partial charge on any atom is 0.311 e. The van der Waals surface area contributed by atoms with Crippen molar-refractivity contribution in [1.29, 1.82) is 0 Å². The van der Waals surface area contributed by atoms with E-state index in [1.54, 1.807) is 38.1 Å². The van der Waals surface area contributed by atoms with E-state index in [0.717, 1.165) is 148 Å². The molecule has 0 N–H and O–H groups in total. The zero-order valence-electron chi connectivity index (χ0n) is 78.6. The first-order valence-corrected chi connectivity index (χ1v) is 45.9. The van der Waals surface area contributed by atoms with Gasteiger partial charge in [0.2, 0.25) is 0 Å². The van der Waals surface area contributed by atoms with E-state index in [2.05, 4.69) is 0 Å². The number of unbranched alkanes of at least 4 members (excludes halogenated alkanes) is 4. The lowest BCUT2D eigenvalue weighted by Crippen LogP contribution is -2.23. The van der Waals surface area contributed by atoms with E-state index in [4.69, 9.17) is 80.5 Å². The van der Waals surface area contributed by atoms with Crippen LogP contribution in [0.5, 0.6) is 11.5 Å². The van der Waals surface area contributed by atoms with Crippen LogP contribution in [0.2, 0.25) is 0 Å². The molecule has 0 aromatic heterocycles. The fourth-order valence-electron chi connectivity index (χ4n) is 9.90. The van der Waals surface area contributed by atoms with Gasteiger partial charge in [0.15, 0.2) is 0 Å². The monoisotopic (exact) mass is 1790 g/mol. The lowest BCUT2D eigenvalue weighted by molar-refractivity contribution is -0.151. The number of benzene rings is 1. The van der Waals surface area contributed by atoms with Gasteiger partial charge in [0.1, 0.15) is 44.0 Å². The van der Waals surface area contributed by atoms with E-state index in [-0.39, 0.29) is 124 Å². The lowest BCUT2D eigenvalue weighted by atomic mass is 9.83. The minimum Gasteiger partial charge on any atom is -0.466 e. The summed E-state index contributed by atoms with van der Waals surface area (Å²) in [6.07, 6.45) is 26.6. The van der Waals surface area contributed by atoms with Crippen LogP contribution in [0.4, 0.5) is 0 Å². The van der Waals surface area contributed by atoms with Crippen molar-refractivity contribution in [3.05, 3.63) is 24.3 Å². The van der Waals surface area contributed by atoms with Gasteiger partial charge in [-0.25, -0.2) is 0 Å². The molecule has 2 rings (SSSR count). The molecule has 0 aliphatic heterocycles. The van der Waals surface area contributed by atoms with Crippen LogP contribution in [0.25, 0.3) is 0 Å². The quantitative estimate of drug-likeness (QED) is 0.0253. The molecule has 1 fully saturated rings. The van der Waals surface area contributed by atoms with Crippen molar-refractivity contribution in [3.63, 3.8) is 0 Å². The molecule has 1 atom stereocenters. The van der Waals surface area contributed by atoms with Crippen LogP contribution in [0.15, 0.2) is 24.3 Å². The van der Waals surface area contributed by atoms with Crippen molar-refractivity contribution in [3.8, 4) is 11.5 Å². The summed E-state index contributed by atoms with van der Waals surface area (Å²) in [7, 11) is 0. The summed E-state index contributed by atoms with van der Waals surface area (Å²) in [5, 5.41) is 0. The number of carbonyl (C=O) groups is 14. The summed E-state index contributed by atoms with van der Waals surface area (Å²) < 4.78 is 85.8. The SMILES string of the molecule is C.CCCC(=O)OCC1CCC(COC(=O)CCC)CC1.CCCC(=O)OCCC(C)OC(=O)CCC.CCCC(=O)OCCCCCCOC(=O)CCC.CCCC(=O)OCCCCOC(=O)CCC.CCCC(=O)OCCOCCOC(=O)CCC.CCCC(=O)OCCOCCOCCOC(=O)CC.CCCC(=O)Oc1cccc(OC(=O)CCC)c1. The second kappa shape index (κ2) is 97.9. The number of ether oxygens (including phenoxy) is 17. The highest BCUT2D eigenvalue weighted by molar-refractivity contribution is 5.75. The molecule has 31 nitrogen and oxygen atoms in total. The zero-order chi connectivity index (χ0) is 93.7. The maximum absolute atomic E-state index is 11.3. The molecule has 125 heavy (non-hydrogen) atoms. The summed E-state index contributed by atoms with van der Waals surface area (Å²) in [5.41, 5.74) is 0. The van der Waals surface area contributed by atoms with Crippen LogP contribution in [-0.2, 0) is 138 Å². The van der Waals surface area contributed by atoms with Gasteiger partial charge >= 0.3 is 83.6 Å². The Morgan fingerprint density at radius 1 is 0.264 bits per heavy atom. The Bertz CT molecular complexity index is 2710. The van der Waals surface area contributed by atoms with Crippen molar-refractivity contribution in [1.82, 2.24) is 0 Å². The van der Waals surface area contributed by atoms with Gasteiger partial charge in [-0.1, -0.05) is 110 Å². The van der Waals surface area contributed by atoms with E-state index in [1.807, 2.05) is 90.0 Å². The van der Waals surface area contributed by atoms with E-state index in [0.29, 0.717) is 206 Å². The highest BCUT2D eigenvalue weighted by Crippen LogP contribution is 2.29. The molecule has 1 saturated carbocycles. The first-order chi connectivity index (χ1) is 59.7. The second-order valence-corrected chi connectivity index (χ2v) is 28.8. The molecular formula is C94H166O31. The highest BCUT2D eigenvalue weighted by Gasteiger charge is 2.24. The normalized spacial score (nSPS) is 12.2. The van der Waals surface area contributed by atoms with Crippen LogP contribution < -0.4 is 9.47 Å². The molecule has 728 valence electrons. The maximum atomic E-state index is 11.3. The van der Waals surface area contributed by atoms with E-state index in [9.17, 15) is 67.1 Å². The topological polar surface area (TPSA) is 396 Å². The van der Waals surface area contributed by atoms with Gasteiger partial charge in [-0.3, -0.25) is 67.1 Å². The molecule has 31 heteroatoms. The largest absolute Gasteiger partial charge is 0.466 e. The number of rotatable bonds is 64. The molecule has 0 bridgehead atoms. The highest BCUT2D eigenvalue weighted by atomic mass is 16.6. The van der Waals surface area contributed by atoms with Gasteiger partial charge in [0.25, 0.3) is 0 Å². The van der Waals surface area contributed by atoms with Crippen molar-refractivity contribution in [2.45, 2.75) is 361 Å². The van der Waals surface area contributed by atoms with Crippen LogP contribution >= 0.6 is 0 Å². The average molecular weight is 1790 g/mol. The first-order valence-electron chi connectivity index (χ1n) is 45.9. The number of hydrogen-bond donors (Lipinski definition) is 0. The van der Waals surface area contributed by atoms with Gasteiger partial charge in [-0.2, -0.15) is 0 Å². The van der Waals surface area contributed by atoms with Crippen molar-refractivity contribution in [2.75, 3.05) is 112 Å². The third-order valence-corrected chi connectivity index (χ3v) is 16.5. The molecule has 1 aliphatic carbocycles. The molecule has 0 radical (unpaired) electrons. The average Bonchev–Trinajstić information content (AvgIpc) is 0.893. The molecule has 1 aromatic carbocycles. The lowest BCUT2D eigenvalue weighted by Gasteiger charge is -2.27. The Kier molecular flexibility index (Phi) is 99.8. The predicted octanol–water partition coefficient (Wildman–Crippen LogP) is 18.4. The molecule has 0 spiro atoms. The summed E-state index contributed by atoms with van der Waals surface area (Å²) in [6, 6.07) is 6.54. The third-order valence-electron chi connectivity index (χ3n) is 16.5. The van der Waals surface area contributed by atoms with Gasteiger partial charge in [0.05, 0.1) is 85.9 Å². The second-order valence-electron chi connectivity index (χ2n) is 28.8. The van der Waals surface area contributed by atoms with Crippen molar-refractivity contribution in [2.24, 2.45) is 11.8 Å². The minimum atomic E-state index is -0.283. The van der Waals surface area contributed by atoms with Crippen LogP contribution in [-0.4, -0.2) is 202 Å². The Labute approximate surface area is 749 Å². The van der Waals surface area contributed by atoms with E-state index >= 15 is 0 Å². The van der Waals surface area contributed by atoms with Crippen LogP contribution in [0, 0.1) is 11.8 Å². The van der Waals surface area contributed by atoms with E-state index < -0.39 is 0 Å². The van der Waals surface area contributed by atoms with Gasteiger partial charge < -0.3 is 80.5 Å². The Balaban J connectivity index is -0.000000330. The van der Waals surface area contributed by atoms with E-state index in [1.165, 1.54) is 0 Å². The standard InChI is InChI=1S/C16H28O4.C14H18O4.C14H26O4.C13H24O6.C12H22O5.2C12H22O4.CH4/c1-3-5-15(17)19-11-13-7-9-14(10-8-13)12-20-16(18)6-4-2;1-3-6-13(15)17-11-8-5-9-12(10-11)18-14(16)7-4-2;1-3-9-13(15)17-11-7-5-6-8-12-18-14(16)10-4-2;1-3-5-13(15)19-11-9-17-7-6-16-8-10-18-12(14)4-2;1-3-5-11(13)16-9-7-15-8-10-17-12(14)6-4-2;1-4-6-11(13)15-9-8-10(3)16-12(14)7-5-2;1-3-7-11(13)15-9-5-6-10-16-12(14)8-4-2;/h13-14H,3-12H2,1-2H3;5,8-10H,3-4,6-7H2,1-2H3;3-12H2,1-2H3;3-11H2,1-2H3;3-10H2,1-2H3;10H,4-9H2,1-3H3;3-10H2,1-2H3;1H4. The molecule has 0 saturated heterocycles. The van der Waals surface area contributed by atoms with Crippen molar-refractivity contribution >= 4 is 83.6 Å². The molecular weight excluding hydrogens is 1630 g/mol. The Morgan fingerprint density at radius 3 is 0.744 bits per heavy atom. The minimum absolute atomic E-state index is 0. The summed E-state index contributed by atoms with van der Waals surface area (Å²) in [5.74, 6) is -0.667. The van der Waals surface area contributed by atoms with Crippen molar-refractivity contribution < 1.29 is 148 Å².